The summed E-state index contributed by atoms with van der Waals surface area (Å²) in [5.41, 5.74) is 3.76. The minimum Gasteiger partial charge on any atom is -0.326 e. The first-order valence-corrected chi connectivity index (χ1v) is 12.6. The summed E-state index contributed by atoms with van der Waals surface area (Å²) >= 11 is 0. The SMILES string of the molecule is O=C(CCCCCN=C1NS(=O)(=O)c2ccccc21)Nc1ccccc1Cc1ccccc1. The molecule has 1 aliphatic heterocycles. The zero-order chi connectivity index (χ0) is 23.1. The average molecular weight is 462 g/mol. The topological polar surface area (TPSA) is 87.6 Å². The molecule has 0 atom stereocenters. The summed E-state index contributed by atoms with van der Waals surface area (Å²) in [6.45, 7) is 0.508. The fourth-order valence-electron chi connectivity index (χ4n) is 3.84. The molecule has 0 saturated heterocycles. The highest BCUT2D eigenvalue weighted by Gasteiger charge is 2.29. The van der Waals surface area contributed by atoms with Crippen LogP contribution < -0.4 is 10.0 Å². The standard InChI is InChI=1S/C26H27N3O3S/c30-25(28-23-15-8-6-13-21(23)19-20-11-3-1-4-12-20)17-5-2-10-18-27-26-22-14-7-9-16-24(22)33(31,32)29-26/h1,3-4,6-9,11-16H,2,5,10,17-19H2,(H,27,29)(H,28,30). The smallest absolute Gasteiger partial charge is 0.263 e. The number of rotatable bonds is 9. The molecule has 4 rings (SSSR count). The highest BCUT2D eigenvalue weighted by atomic mass is 32.2. The molecular formula is C26H27N3O3S. The van der Waals surface area contributed by atoms with E-state index < -0.39 is 10.0 Å². The Morgan fingerprint density at radius 3 is 2.42 bits per heavy atom. The number of para-hydroxylation sites is 1. The number of sulfonamides is 1. The second kappa shape index (κ2) is 10.4. The van der Waals surface area contributed by atoms with Gasteiger partial charge in [0.05, 0.1) is 4.90 Å². The van der Waals surface area contributed by atoms with E-state index in [0.29, 0.717) is 24.4 Å². The quantitative estimate of drug-likeness (QED) is 0.460. The van der Waals surface area contributed by atoms with E-state index in [0.717, 1.165) is 36.9 Å². The molecule has 1 amide bonds. The van der Waals surface area contributed by atoms with Crippen LogP contribution in [-0.2, 0) is 21.2 Å². The number of hydrogen-bond donors (Lipinski definition) is 2. The van der Waals surface area contributed by atoms with Crippen LogP contribution in [0.2, 0.25) is 0 Å². The van der Waals surface area contributed by atoms with Gasteiger partial charge in [0.2, 0.25) is 5.91 Å². The molecule has 0 aliphatic carbocycles. The maximum Gasteiger partial charge on any atom is 0.263 e. The summed E-state index contributed by atoms with van der Waals surface area (Å²) in [4.78, 5) is 17.1. The van der Waals surface area contributed by atoms with Gasteiger partial charge in [-0.05, 0) is 48.6 Å². The third-order valence-corrected chi connectivity index (χ3v) is 6.92. The molecule has 3 aromatic carbocycles. The number of benzene rings is 3. The van der Waals surface area contributed by atoms with Crippen molar-refractivity contribution in [3.63, 3.8) is 0 Å². The van der Waals surface area contributed by atoms with Crippen LogP contribution in [0.4, 0.5) is 5.69 Å². The Hall–Kier alpha value is -3.45. The van der Waals surface area contributed by atoms with E-state index in [1.54, 1.807) is 24.3 Å². The third-order valence-electron chi connectivity index (χ3n) is 5.52. The van der Waals surface area contributed by atoms with Gasteiger partial charge in [-0.15, -0.1) is 0 Å². The lowest BCUT2D eigenvalue weighted by molar-refractivity contribution is -0.116. The Balaban J connectivity index is 1.23. The number of nitrogens with one attached hydrogen (secondary N) is 2. The molecule has 170 valence electrons. The van der Waals surface area contributed by atoms with Gasteiger partial charge >= 0.3 is 0 Å². The average Bonchev–Trinajstić information content (AvgIpc) is 3.08. The lowest BCUT2D eigenvalue weighted by Crippen LogP contribution is -2.22. The van der Waals surface area contributed by atoms with Crippen LogP contribution in [0.5, 0.6) is 0 Å². The summed E-state index contributed by atoms with van der Waals surface area (Å²) in [6, 6.07) is 24.9. The molecule has 33 heavy (non-hydrogen) atoms. The van der Waals surface area contributed by atoms with Gasteiger partial charge in [0.15, 0.2) is 0 Å². The maximum atomic E-state index is 12.5. The lowest BCUT2D eigenvalue weighted by Gasteiger charge is -2.11. The predicted octanol–water partition coefficient (Wildman–Crippen LogP) is 4.52. The number of hydrogen-bond acceptors (Lipinski definition) is 4. The van der Waals surface area contributed by atoms with Gasteiger partial charge in [-0.1, -0.05) is 67.1 Å². The van der Waals surface area contributed by atoms with Crippen LogP contribution in [0.3, 0.4) is 0 Å². The zero-order valence-corrected chi connectivity index (χ0v) is 19.1. The fourth-order valence-corrected chi connectivity index (χ4v) is 5.09. The van der Waals surface area contributed by atoms with E-state index >= 15 is 0 Å². The lowest BCUT2D eigenvalue weighted by atomic mass is 10.0. The van der Waals surface area contributed by atoms with E-state index in [4.69, 9.17) is 0 Å². The van der Waals surface area contributed by atoms with Crippen molar-refractivity contribution >= 4 is 27.5 Å². The summed E-state index contributed by atoms with van der Waals surface area (Å²) in [5, 5.41) is 3.04. The molecule has 0 spiro atoms. The summed E-state index contributed by atoms with van der Waals surface area (Å²) in [7, 11) is -3.50. The third kappa shape index (κ3) is 5.87. The van der Waals surface area contributed by atoms with Crippen molar-refractivity contribution in [2.45, 2.75) is 37.0 Å². The minimum atomic E-state index is -3.50. The Kier molecular flexibility index (Phi) is 7.19. The summed E-state index contributed by atoms with van der Waals surface area (Å²) < 4.78 is 26.7. The summed E-state index contributed by atoms with van der Waals surface area (Å²) in [6.07, 6.45) is 3.58. The number of amides is 1. The Morgan fingerprint density at radius 2 is 1.58 bits per heavy atom. The first-order chi connectivity index (χ1) is 16.0. The van der Waals surface area contributed by atoms with E-state index in [-0.39, 0.29) is 10.8 Å². The van der Waals surface area contributed by atoms with E-state index in [2.05, 4.69) is 27.2 Å². The van der Waals surface area contributed by atoms with Crippen molar-refractivity contribution in [1.29, 1.82) is 0 Å². The van der Waals surface area contributed by atoms with Gasteiger partial charge in [-0.3, -0.25) is 14.5 Å². The molecular weight excluding hydrogens is 434 g/mol. The minimum absolute atomic E-state index is 0.000643. The van der Waals surface area contributed by atoms with Crippen LogP contribution in [-0.4, -0.2) is 26.7 Å². The molecule has 0 radical (unpaired) electrons. The van der Waals surface area contributed by atoms with E-state index in [1.165, 1.54) is 5.56 Å². The van der Waals surface area contributed by atoms with Crippen LogP contribution in [0, 0.1) is 0 Å². The number of nitrogens with zero attached hydrogens (tertiary/aromatic N) is 1. The van der Waals surface area contributed by atoms with Gasteiger partial charge in [0.1, 0.15) is 5.84 Å². The second-order valence-corrected chi connectivity index (χ2v) is 9.66. The van der Waals surface area contributed by atoms with Crippen molar-refractivity contribution in [2.75, 3.05) is 11.9 Å². The van der Waals surface area contributed by atoms with Crippen molar-refractivity contribution in [3.8, 4) is 0 Å². The molecule has 0 bridgehead atoms. The Labute approximate surface area is 194 Å². The van der Waals surface area contributed by atoms with Crippen LogP contribution in [0.1, 0.15) is 42.4 Å². The van der Waals surface area contributed by atoms with Gasteiger partial charge in [-0.2, -0.15) is 0 Å². The number of anilines is 1. The van der Waals surface area contributed by atoms with Crippen molar-refractivity contribution in [2.24, 2.45) is 4.99 Å². The van der Waals surface area contributed by atoms with Crippen LogP contribution >= 0.6 is 0 Å². The van der Waals surface area contributed by atoms with Gasteiger partial charge in [-0.25, -0.2) is 8.42 Å². The van der Waals surface area contributed by atoms with Crippen molar-refractivity contribution in [3.05, 3.63) is 95.6 Å². The molecule has 6 nitrogen and oxygen atoms in total. The number of aliphatic imine (C=N–C) groups is 1. The fraction of sp³-hybridized carbons (Fsp3) is 0.231. The molecule has 0 saturated carbocycles. The normalized spacial score (nSPS) is 15.1. The highest BCUT2D eigenvalue weighted by Crippen LogP contribution is 2.22. The largest absolute Gasteiger partial charge is 0.326 e. The number of carbonyl (C=O) groups excluding carboxylic acids is 1. The van der Waals surface area contributed by atoms with Gasteiger partial charge in [0.25, 0.3) is 10.0 Å². The number of unbranched alkanes of at least 4 members (excludes halogenated alkanes) is 2. The molecule has 0 unspecified atom stereocenters. The molecule has 7 heteroatoms. The molecule has 1 aliphatic rings. The van der Waals surface area contributed by atoms with E-state index in [9.17, 15) is 13.2 Å². The molecule has 2 N–H and O–H groups in total. The zero-order valence-electron chi connectivity index (χ0n) is 18.3. The molecule has 3 aromatic rings. The summed E-state index contributed by atoms with van der Waals surface area (Å²) in [5.74, 6) is 0.401. The first-order valence-electron chi connectivity index (χ1n) is 11.1. The second-order valence-electron chi connectivity index (χ2n) is 8.01. The highest BCUT2D eigenvalue weighted by molar-refractivity contribution is 7.90. The molecule has 0 aromatic heterocycles. The Bertz CT molecular complexity index is 1250. The monoisotopic (exact) mass is 461 g/mol. The number of carbonyl (C=O) groups is 1. The predicted molar refractivity (Wildman–Crippen MR) is 131 cm³/mol. The van der Waals surface area contributed by atoms with E-state index in [1.807, 2.05) is 42.5 Å². The van der Waals surface area contributed by atoms with Crippen molar-refractivity contribution < 1.29 is 13.2 Å². The molecule has 0 fully saturated rings. The van der Waals surface area contributed by atoms with Gasteiger partial charge in [0, 0.05) is 24.2 Å². The van der Waals surface area contributed by atoms with Crippen molar-refractivity contribution in [1.82, 2.24) is 4.72 Å². The number of fused-ring (bicyclic) bond motifs is 1. The molecule has 1 heterocycles. The van der Waals surface area contributed by atoms with Crippen LogP contribution in [0.15, 0.2) is 88.8 Å². The maximum absolute atomic E-state index is 12.5. The Morgan fingerprint density at radius 1 is 0.848 bits per heavy atom. The van der Waals surface area contributed by atoms with Crippen LogP contribution in [0.25, 0.3) is 0 Å². The number of amidine groups is 1. The first kappa shape index (κ1) is 22.7. The van der Waals surface area contributed by atoms with Gasteiger partial charge < -0.3 is 5.32 Å².